The molecule has 0 radical (unpaired) electrons. The van der Waals surface area contributed by atoms with Gasteiger partial charge in [-0.05, 0) is 146 Å². The molecule has 13 nitrogen and oxygen atoms in total. The summed E-state index contributed by atoms with van der Waals surface area (Å²) in [6.45, 7) is 0. The molecule has 2 N–H and O–H groups in total. The van der Waals surface area contributed by atoms with Gasteiger partial charge in [0.25, 0.3) is 0 Å². The Hall–Kier alpha value is -6.97. The average Bonchev–Trinajstić information content (AvgIpc) is 3.17. The van der Waals surface area contributed by atoms with Gasteiger partial charge in [-0.2, -0.15) is 9.97 Å². The predicted molar refractivity (Wildman–Crippen MR) is 193 cm³/mol. The molecule has 0 bridgehead atoms. The Morgan fingerprint density at radius 2 is 0.593 bits per heavy atom. The molecule has 270 valence electrons. The molecule has 0 spiro atoms. The van der Waals surface area contributed by atoms with Crippen LogP contribution in [0.3, 0.4) is 0 Å². The molecule has 0 aliphatic carbocycles. The summed E-state index contributed by atoms with van der Waals surface area (Å²) in [6, 6.07) is 35.7. The summed E-state index contributed by atoms with van der Waals surface area (Å²) in [4.78, 5) is 12.6. The van der Waals surface area contributed by atoms with Crippen LogP contribution >= 0.6 is 0 Å². The van der Waals surface area contributed by atoms with E-state index in [-0.39, 0.29) is 43.1 Å². The van der Waals surface area contributed by atoms with Gasteiger partial charge in [0, 0.05) is 0 Å². The normalized spacial score (nSPS) is 11.4. The largest absolute Gasteiger partial charge is 0.508 e. The number of ether oxygens (including phenoxy) is 4. The highest BCUT2D eigenvalue weighted by atomic mass is 32.2. The van der Waals surface area contributed by atoms with Crippen LogP contribution in [0.5, 0.6) is 58.0 Å². The molecule has 1 heterocycles. The molecule has 0 amide bonds. The van der Waals surface area contributed by atoms with Crippen molar-refractivity contribution in [2.45, 2.75) is 19.6 Å². The van der Waals surface area contributed by atoms with Crippen molar-refractivity contribution >= 4 is 19.7 Å². The number of rotatable bonds is 12. The number of benzene rings is 6. The Morgan fingerprint density at radius 3 is 0.889 bits per heavy atom. The minimum absolute atomic E-state index is 0.0186. The molecule has 7 rings (SSSR count). The van der Waals surface area contributed by atoms with E-state index in [9.17, 15) is 27.0 Å². The third kappa shape index (κ3) is 8.22. The highest BCUT2D eigenvalue weighted by Crippen LogP contribution is 2.31. The summed E-state index contributed by atoms with van der Waals surface area (Å²) in [5, 5.41) is 18.9. The zero-order valence-corrected chi connectivity index (χ0v) is 29.4. The Morgan fingerprint density at radius 1 is 0.352 bits per heavy atom. The van der Waals surface area contributed by atoms with Crippen LogP contribution in [0.4, 0.5) is 0 Å². The second kappa shape index (κ2) is 14.9. The molecule has 54 heavy (non-hydrogen) atoms. The molecule has 0 saturated carbocycles. The van der Waals surface area contributed by atoms with Gasteiger partial charge in [0.05, 0.1) is 19.6 Å². The van der Waals surface area contributed by atoms with Crippen LogP contribution in [0.25, 0.3) is 0 Å². The molecule has 7 aromatic rings. The predicted octanol–water partition coefficient (Wildman–Crippen LogP) is 8.12. The van der Waals surface area contributed by atoms with E-state index >= 15 is 0 Å². The zero-order valence-electron chi connectivity index (χ0n) is 27.8. The van der Waals surface area contributed by atoms with Crippen molar-refractivity contribution in [2.75, 3.05) is 0 Å². The summed E-state index contributed by atoms with van der Waals surface area (Å²) >= 11 is 0. The van der Waals surface area contributed by atoms with Gasteiger partial charge in [-0.25, -0.2) is 16.8 Å². The van der Waals surface area contributed by atoms with E-state index in [0.29, 0.717) is 34.5 Å². The van der Waals surface area contributed by atoms with E-state index in [0.717, 1.165) is 0 Å². The van der Waals surface area contributed by atoms with Gasteiger partial charge in [0.15, 0.2) is 0 Å². The third-order valence-electron chi connectivity index (χ3n) is 7.63. The highest BCUT2D eigenvalue weighted by molar-refractivity contribution is 7.91. The summed E-state index contributed by atoms with van der Waals surface area (Å²) in [5.74, 6) is 2.54. The Labute approximate surface area is 309 Å². The highest BCUT2D eigenvalue weighted by Gasteiger charge is 2.19. The molecule has 15 heteroatoms. The standard InChI is InChI=1S/C39H27N3O10S2/c43-26-1-17-34(18-2-26)53(45,46)36-21-13-30(14-22-36)49-28-5-9-32(10-6-28)51-38-40-25-41-39(42-38)52-33-11-7-29(8-12-33)50-31-15-23-37(24-16-31)54(47,48)35-19-3-27(44)4-20-35/h1-25,43-44H. The maximum atomic E-state index is 12.9. The Balaban J connectivity index is 0.924. The first-order valence-electron chi connectivity index (χ1n) is 15.9. The number of phenols is 2. The first-order chi connectivity index (χ1) is 26.0. The number of nitrogens with zero attached hydrogens (tertiary/aromatic N) is 3. The molecule has 0 unspecified atom stereocenters. The smallest absolute Gasteiger partial charge is 0.328 e. The van der Waals surface area contributed by atoms with Gasteiger partial charge in [0.1, 0.15) is 52.3 Å². The quantitative estimate of drug-likeness (QED) is 0.122. The van der Waals surface area contributed by atoms with Crippen molar-refractivity contribution in [1.82, 2.24) is 15.0 Å². The number of sulfone groups is 2. The van der Waals surface area contributed by atoms with Crippen LogP contribution in [-0.4, -0.2) is 42.0 Å². The van der Waals surface area contributed by atoms with Crippen LogP contribution in [0.2, 0.25) is 0 Å². The number of hydrogen-bond donors (Lipinski definition) is 2. The lowest BCUT2D eigenvalue weighted by atomic mass is 10.3. The van der Waals surface area contributed by atoms with Gasteiger partial charge in [-0.3, -0.25) is 0 Å². The van der Waals surface area contributed by atoms with Crippen molar-refractivity contribution in [3.05, 3.63) is 152 Å². The SMILES string of the molecule is O=S(=O)(c1ccc(O)cc1)c1ccc(Oc2ccc(Oc3ncnc(Oc4ccc(Oc5ccc(S(=O)(=O)c6ccc(O)cc6)cc5)cc4)n3)cc2)cc1. The zero-order chi connectivity index (χ0) is 37.7. The van der Waals surface area contributed by atoms with E-state index in [2.05, 4.69) is 15.0 Å². The van der Waals surface area contributed by atoms with Gasteiger partial charge in [-0.15, -0.1) is 4.98 Å². The number of phenolic OH excluding ortho intramolecular Hbond substituents is 2. The lowest BCUT2D eigenvalue weighted by molar-refractivity contribution is 0.395. The van der Waals surface area contributed by atoms with E-state index in [1.54, 1.807) is 72.8 Å². The van der Waals surface area contributed by atoms with Crippen LogP contribution in [0.1, 0.15) is 0 Å². The van der Waals surface area contributed by atoms with E-state index in [1.165, 1.54) is 79.1 Å². The van der Waals surface area contributed by atoms with Crippen LogP contribution < -0.4 is 18.9 Å². The first-order valence-corrected chi connectivity index (χ1v) is 18.9. The molecule has 0 atom stereocenters. The lowest BCUT2D eigenvalue weighted by Gasteiger charge is -2.10. The van der Waals surface area contributed by atoms with Crippen molar-refractivity contribution in [3.8, 4) is 58.0 Å². The van der Waals surface area contributed by atoms with E-state index in [4.69, 9.17) is 18.9 Å². The maximum Gasteiger partial charge on any atom is 0.328 e. The van der Waals surface area contributed by atoms with Crippen molar-refractivity contribution in [3.63, 3.8) is 0 Å². The molecule has 0 aliphatic heterocycles. The van der Waals surface area contributed by atoms with E-state index in [1.807, 2.05) is 0 Å². The first kappa shape index (κ1) is 35.4. The second-order valence-corrected chi connectivity index (χ2v) is 15.2. The van der Waals surface area contributed by atoms with Gasteiger partial charge in [-0.1, -0.05) is 0 Å². The van der Waals surface area contributed by atoms with Gasteiger partial charge in [0.2, 0.25) is 19.7 Å². The maximum absolute atomic E-state index is 12.9. The molecule has 0 fully saturated rings. The fourth-order valence-electron chi connectivity index (χ4n) is 4.90. The minimum Gasteiger partial charge on any atom is -0.508 e. The lowest BCUT2D eigenvalue weighted by Crippen LogP contribution is -2.01. The monoisotopic (exact) mass is 761 g/mol. The molecule has 0 saturated heterocycles. The average molecular weight is 762 g/mol. The van der Waals surface area contributed by atoms with E-state index < -0.39 is 19.7 Å². The van der Waals surface area contributed by atoms with Gasteiger partial charge >= 0.3 is 12.0 Å². The molecule has 0 aliphatic rings. The summed E-state index contributed by atoms with van der Waals surface area (Å²) in [6.07, 6.45) is 1.24. The van der Waals surface area contributed by atoms with Crippen LogP contribution in [0, 0.1) is 0 Å². The fraction of sp³-hybridized carbons (Fsp3) is 0. The molecular weight excluding hydrogens is 735 g/mol. The summed E-state index contributed by atoms with van der Waals surface area (Å²) in [5.41, 5.74) is 0. The number of aromatic hydroxyl groups is 2. The number of aromatic nitrogens is 3. The Bertz CT molecular complexity index is 2420. The van der Waals surface area contributed by atoms with Crippen molar-refractivity contribution in [2.24, 2.45) is 0 Å². The molecular formula is C39H27N3O10S2. The topological polar surface area (TPSA) is 184 Å². The van der Waals surface area contributed by atoms with Crippen LogP contribution in [0.15, 0.2) is 172 Å². The summed E-state index contributed by atoms with van der Waals surface area (Å²) in [7, 11) is -7.52. The fourth-order valence-corrected chi connectivity index (χ4v) is 7.42. The second-order valence-electron chi connectivity index (χ2n) is 11.3. The van der Waals surface area contributed by atoms with Gasteiger partial charge < -0.3 is 29.2 Å². The van der Waals surface area contributed by atoms with Crippen molar-refractivity contribution in [1.29, 1.82) is 0 Å². The van der Waals surface area contributed by atoms with Crippen molar-refractivity contribution < 1.29 is 46.0 Å². The Kier molecular flexibility index (Phi) is 9.81. The number of hydrogen-bond acceptors (Lipinski definition) is 13. The third-order valence-corrected chi connectivity index (χ3v) is 11.2. The van der Waals surface area contributed by atoms with Crippen LogP contribution in [-0.2, 0) is 19.7 Å². The molecule has 1 aromatic heterocycles. The molecule has 6 aromatic carbocycles. The minimum atomic E-state index is -3.76. The summed E-state index contributed by atoms with van der Waals surface area (Å²) < 4.78 is 74.7.